The highest BCUT2D eigenvalue weighted by atomic mass is 19.1. The number of carbonyl (C=O) groups excluding carboxylic acids is 2. The van der Waals surface area contributed by atoms with Crippen LogP contribution in [0.1, 0.15) is 45.6 Å². The monoisotopic (exact) mass is 348 g/mol. The summed E-state index contributed by atoms with van der Waals surface area (Å²) >= 11 is 0. The molecule has 0 saturated carbocycles. The van der Waals surface area contributed by atoms with Gasteiger partial charge in [0.2, 0.25) is 11.8 Å². The van der Waals surface area contributed by atoms with Gasteiger partial charge in [0.15, 0.2) is 0 Å². The minimum Gasteiger partial charge on any atom is -0.355 e. The standard InChI is InChI=1S/C20H29FN2O2/c1-20(2,3)19(25)22-13-15-7-6-12-23(14-15)18(24)11-10-16-8-4-5-9-17(16)21/h4-5,8-9,15H,6-7,10-14H2,1-3H3,(H,22,25). The second kappa shape index (κ2) is 8.45. The van der Waals surface area contributed by atoms with Crippen LogP contribution in [0, 0.1) is 17.2 Å². The van der Waals surface area contributed by atoms with Crippen molar-refractivity contribution >= 4 is 11.8 Å². The SMILES string of the molecule is CC(C)(C)C(=O)NCC1CCCN(C(=O)CCc2ccccc2F)C1. The van der Waals surface area contributed by atoms with E-state index in [9.17, 15) is 14.0 Å². The minimum absolute atomic E-state index is 0.0375. The molecule has 138 valence electrons. The Labute approximate surface area is 149 Å². The van der Waals surface area contributed by atoms with Crippen LogP contribution >= 0.6 is 0 Å². The van der Waals surface area contributed by atoms with Gasteiger partial charge in [-0.05, 0) is 36.8 Å². The van der Waals surface area contributed by atoms with Crippen LogP contribution in [0.25, 0.3) is 0 Å². The van der Waals surface area contributed by atoms with Crippen molar-refractivity contribution in [3.63, 3.8) is 0 Å². The van der Waals surface area contributed by atoms with E-state index in [2.05, 4.69) is 5.32 Å². The predicted molar refractivity (Wildman–Crippen MR) is 96.5 cm³/mol. The van der Waals surface area contributed by atoms with E-state index in [0.29, 0.717) is 31.5 Å². The van der Waals surface area contributed by atoms with Crippen molar-refractivity contribution in [1.82, 2.24) is 10.2 Å². The first-order valence-corrected chi connectivity index (χ1v) is 9.07. The maximum absolute atomic E-state index is 13.7. The summed E-state index contributed by atoms with van der Waals surface area (Å²) in [5.41, 5.74) is 0.186. The van der Waals surface area contributed by atoms with Crippen LogP contribution in [0.15, 0.2) is 24.3 Å². The number of likely N-dealkylation sites (tertiary alicyclic amines) is 1. The molecule has 2 amide bonds. The molecule has 2 rings (SSSR count). The van der Waals surface area contributed by atoms with Crippen molar-refractivity contribution < 1.29 is 14.0 Å². The van der Waals surface area contributed by atoms with Crippen LogP contribution in [0.4, 0.5) is 4.39 Å². The van der Waals surface area contributed by atoms with Gasteiger partial charge in [-0.3, -0.25) is 9.59 Å². The van der Waals surface area contributed by atoms with Gasteiger partial charge in [0.1, 0.15) is 5.82 Å². The smallest absolute Gasteiger partial charge is 0.225 e. The molecule has 1 fully saturated rings. The Kier molecular flexibility index (Phi) is 6.57. The molecular formula is C20H29FN2O2. The summed E-state index contributed by atoms with van der Waals surface area (Å²) in [4.78, 5) is 26.3. The minimum atomic E-state index is -0.399. The summed E-state index contributed by atoms with van der Waals surface area (Å²) < 4.78 is 13.7. The lowest BCUT2D eigenvalue weighted by Crippen LogP contribution is -2.45. The highest BCUT2D eigenvalue weighted by molar-refractivity contribution is 5.81. The number of hydrogen-bond donors (Lipinski definition) is 1. The summed E-state index contributed by atoms with van der Waals surface area (Å²) in [7, 11) is 0. The molecule has 1 atom stereocenters. The van der Waals surface area contributed by atoms with Gasteiger partial charge in [-0.25, -0.2) is 4.39 Å². The van der Waals surface area contributed by atoms with E-state index >= 15 is 0 Å². The fourth-order valence-corrected chi connectivity index (χ4v) is 3.06. The van der Waals surface area contributed by atoms with Crippen LogP contribution in [0.2, 0.25) is 0 Å². The van der Waals surface area contributed by atoms with Gasteiger partial charge >= 0.3 is 0 Å². The molecule has 4 nitrogen and oxygen atoms in total. The number of benzene rings is 1. The Morgan fingerprint density at radius 2 is 2.00 bits per heavy atom. The molecule has 0 aliphatic carbocycles. The maximum Gasteiger partial charge on any atom is 0.225 e. The molecule has 1 aromatic carbocycles. The first kappa shape index (κ1) is 19.4. The number of nitrogens with zero attached hydrogens (tertiary/aromatic N) is 1. The molecule has 1 aliphatic heterocycles. The van der Waals surface area contributed by atoms with E-state index < -0.39 is 5.41 Å². The maximum atomic E-state index is 13.7. The van der Waals surface area contributed by atoms with Gasteiger partial charge < -0.3 is 10.2 Å². The summed E-state index contributed by atoms with van der Waals surface area (Å²) in [5.74, 6) is 0.139. The Balaban J connectivity index is 1.81. The zero-order valence-electron chi connectivity index (χ0n) is 15.5. The Morgan fingerprint density at radius 1 is 1.28 bits per heavy atom. The van der Waals surface area contributed by atoms with Crippen molar-refractivity contribution in [1.29, 1.82) is 0 Å². The molecular weight excluding hydrogens is 319 g/mol. The molecule has 1 aromatic rings. The van der Waals surface area contributed by atoms with Crippen molar-refractivity contribution in [3.05, 3.63) is 35.6 Å². The molecule has 1 saturated heterocycles. The number of amides is 2. The van der Waals surface area contributed by atoms with E-state index in [4.69, 9.17) is 0 Å². The molecule has 0 aromatic heterocycles. The van der Waals surface area contributed by atoms with E-state index in [-0.39, 0.29) is 23.5 Å². The van der Waals surface area contributed by atoms with Crippen LogP contribution in [-0.2, 0) is 16.0 Å². The predicted octanol–water partition coefficient (Wildman–Crippen LogP) is 3.16. The van der Waals surface area contributed by atoms with E-state index in [1.54, 1.807) is 18.2 Å². The number of nitrogens with one attached hydrogen (secondary N) is 1. The third kappa shape index (κ3) is 5.83. The van der Waals surface area contributed by atoms with Crippen LogP contribution < -0.4 is 5.32 Å². The largest absolute Gasteiger partial charge is 0.355 e. The summed E-state index contributed by atoms with van der Waals surface area (Å²) in [5, 5.41) is 2.99. The fourth-order valence-electron chi connectivity index (χ4n) is 3.06. The summed E-state index contributed by atoms with van der Waals surface area (Å²) in [6.07, 6.45) is 2.71. The van der Waals surface area contributed by atoms with Gasteiger partial charge in [0.25, 0.3) is 0 Å². The molecule has 25 heavy (non-hydrogen) atoms. The molecule has 1 heterocycles. The molecule has 0 spiro atoms. The van der Waals surface area contributed by atoms with Gasteiger partial charge in [-0.1, -0.05) is 39.0 Å². The second-order valence-electron chi connectivity index (χ2n) is 7.90. The topological polar surface area (TPSA) is 49.4 Å². The molecule has 0 bridgehead atoms. The number of aryl methyl sites for hydroxylation is 1. The Morgan fingerprint density at radius 3 is 2.68 bits per heavy atom. The molecule has 0 radical (unpaired) electrons. The Bertz CT molecular complexity index is 610. The number of rotatable bonds is 5. The quantitative estimate of drug-likeness (QED) is 0.889. The Hall–Kier alpha value is -1.91. The fraction of sp³-hybridized carbons (Fsp3) is 0.600. The lowest BCUT2D eigenvalue weighted by Gasteiger charge is -2.33. The van der Waals surface area contributed by atoms with Crippen LogP contribution in [-0.4, -0.2) is 36.3 Å². The third-order valence-electron chi connectivity index (χ3n) is 4.67. The highest BCUT2D eigenvalue weighted by Gasteiger charge is 2.26. The van der Waals surface area contributed by atoms with Crippen molar-refractivity contribution in [2.75, 3.05) is 19.6 Å². The van der Waals surface area contributed by atoms with E-state index in [1.165, 1.54) is 6.07 Å². The average molecular weight is 348 g/mol. The van der Waals surface area contributed by atoms with Crippen LogP contribution in [0.3, 0.4) is 0 Å². The molecule has 1 unspecified atom stereocenters. The first-order chi connectivity index (χ1) is 11.8. The van der Waals surface area contributed by atoms with Gasteiger partial charge in [-0.15, -0.1) is 0 Å². The zero-order valence-corrected chi connectivity index (χ0v) is 15.5. The number of halogens is 1. The first-order valence-electron chi connectivity index (χ1n) is 9.07. The average Bonchev–Trinajstić information content (AvgIpc) is 2.58. The van der Waals surface area contributed by atoms with Gasteiger partial charge in [0.05, 0.1) is 0 Å². The number of hydrogen-bond acceptors (Lipinski definition) is 2. The van der Waals surface area contributed by atoms with Crippen molar-refractivity contribution in [2.45, 2.75) is 46.5 Å². The normalized spacial score (nSPS) is 18.1. The zero-order chi connectivity index (χ0) is 18.4. The number of carbonyl (C=O) groups is 2. The lowest BCUT2D eigenvalue weighted by molar-refractivity contribution is -0.133. The lowest BCUT2D eigenvalue weighted by atomic mass is 9.94. The van der Waals surface area contributed by atoms with Gasteiger partial charge in [-0.2, -0.15) is 0 Å². The van der Waals surface area contributed by atoms with Crippen LogP contribution in [0.5, 0.6) is 0 Å². The second-order valence-corrected chi connectivity index (χ2v) is 7.90. The van der Waals surface area contributed by atoms with Gasteiger partial charge in [0, 0.05) is 31.5 Å². The summed E-state index contributed by atoms with van der Waals surface area (Å²) in [6.45, 7) is 7.69. The third-order valence-corrected chi connectivity index (χ3v) is 4.67. The van der Waals surface area contributed by atoms with Crippen molar-refractivity contribution in [3.8, 4) is 0 Å². The van der Waals surface area contributed by atoms with E-state index in [1.807, 2.05) is 25.7 Å². The molecule has 1 aliphatic rings. The summed E-state index contributed by atoms with van der Waals surface area (Å²) in [6, 6.07) is 6.60. The highest BCUT2D eigenvalue weighted by Crippen LogP contribution is 2.19. The number of piperidine rings is 1. The molecule has 1 N–H and O–H groups in total. The van der Waals surface area contributed by atoms with Crippen molar-refractivity contribution in [2.24, 2.45) is 11.3 Å². The van der Waals surface area contributed by atoms with E-state index in [0.717, 1.165) is 19.4 Å². The molecule has 5 heteroatoms.